The molecule has 1 aliphatic carbocycles. The summed E-state index contributed by atoms with van der Waals surface area (Å²) in [7, 11) is 1.79. The summed E-state index contributed by atoms with van der Waals surface area (Å²) in [6.07, 6.45) is 10.2. The number of hydrazone groups is 1. The lowest BCUT2D eigenvalue weighted by Gasteiger charge is -2.43. The van der Waals surface area contributed by atoms with E-state index >= 15 is 0 Å². The highest BCUT2D eigenvalue weighted by atomic mass is 16.2. The fourth-order valence-electron chi connectivity index (χ4n) is 4.14. The summed E-state index contributed by atoms with van der Waals surface area (Å²) in [5.41, 5.74) is 10.2. The molecule has 9 nitrogen and oxygen atoms in total. The molecular formula is C20H26N8O. The van der Waals surface area contributed by atoms with Gasteiger partial charge in [-0.05, 0) is 31.4 Å². The summed E-state index contributed by atoms with van der Waals surface area (Å²) in [5, 5.41) is 4.20. The maximum absolute atomic E-state index is 12.9. The molecule has 2 aromatic heterocycles. The highest BCUT2D eigenvalue weighted by Crippen LogP contribution is 2.39. The molecule has 0 radical (unpaired) electrons. The highest BCUT2D eigenvalue weighted by molar-refractivity contribution is 6.04. The normalized spacial score (nSPS) is 19.8. The minimum Gasteiger partial charge on any atom is -0.383 e. The predicted molar refractivity (Wildman–Crippen MR) is 114 cm³/mol. The zero-order chi connectivity index (χ0) is 20.4. The molecule has 2 aliphatic rings. The Balaban J connectivity index is 1.64. The van der Waals surface area contributed by atoms with Gasteiger partial charge >= 0.3 is 0 Å². The van der Waals surface area contributed by atoms with Gasteiger partial charge < -0.3 is 15.5 Å². The van der Waals surface area contributed by atoms with E-state index in [1.54, 1.807) is 36.6 Å². The van der Waals surface area contributed by atoms with Crippen LogP contribution in [-0.2, 0) is 4.79 Å². The van der Waals surface area contributed by atoms with Crippen molar-refractivity contribution < 1.29 is 4.79 Å². The van der Waals surface area contributed by atoms with Gasteiger partial charge in [0.15, 0.2) is 5.82 Å². The summed E-state index contributed by atoms with van der Waals surface area (Å²) in [5.74, 6) is 1.67. The molecule has 152 valence electrons. The van der Waals surface area contributed by atoms with E-state index in [1.165, 1.54) is 12.8 Å². The minimum atomic E-state index is -0.197. The maximum atomic E-state index is 12.9. The second-order valence-corrected chi connectivity index (χ2v) is 7.42. The molecule has 1 amide bonds. The van der Waals surface area contributed by atoms with E-state index in [0.29, 0.717) is 23.4 Å². The number of nitrogen functional groups attached to an aromatic ring is 1. The lowest BCUT2D eigenvalue weighted by Crippen LogP contribution is -2.55. The van der Waals surface area contributed by atoms with Crippen molar-refractivity contribution in [2.45, 2.75) is 51.1 Å². The van der Waals surface area contributed by atoms with Crippen molar-refractivity contribution >= 4 is 35.4 Å². The van der Waals surface area contributed by atoms with Crippen LogP contribution in [0.15, 0.2) is 29.6 Å². The number of hydrogen-bond donors (Lipinski definition) is 2. The van der Waals surface area contributed by atoms with Gasteiger partial charge in [-0.1, -0.05) is 19.8 Å². The monoisotopic (exact) mass is 394 g/mol. The Morgan fingerprint density at radius 2 is 2.14 bits per heavy atom. The number of anilines is 4. The lowest BCUT2D eigenvalue weighted by atomic mass is 10.0. The largest absolute Gasteiger partial charge is 0.383 e. The number of aromatic nitrogens is 3. The Hall–Kier alpha value is -3.23. The molecule has 2 aromatic rings. The second kappa shape index (κ2) is 8.02. The van der Waals surface area contributed by atoms with Gasteiger partial charge in [0, 0.05) is 24.8 Å². The van der Waals surface area contributed by atoms with Crippen molar-refractivity contribution in [3.63, 3.8) is 0 Å². The molecule has 0 spiro atoms. The van der Waals surface area contributed by atoms with Crippen molar-refractivity contribution in [1.29, 1.82) is 0 Å². The summed E-state index contributed by atoms with van der Waals surface area (Å²) >= 11 is 0. The van der Waals surface area contributed by atoms with Crippen molar-refractivity contribution in [3.05, 3.63) is 30.1 Å². The van der Waals surface area contributed by atoms with Crippen molar-refractivity contribution in [1.82, 2.24) is 15.0 Å². The van der Waals surface area contributed by atoms with E-state index in [2.05, 4.69) is 25.4 Å². The fraction of sp³-hybridized carbons (Fsp3) is 0.450. The third-order valence-corrected chi connectivity index (χ3v) is 5.65. The molecule has 1 atom stereocenters. The maximum Gasteiger partial charge on any atom is 0.249 e. The van der Waals surface area contributed by atoms with Crippen LogP contribution in [0.5, 0.6) is 0 Å². The molecule has 1 unspecified atom stereocenters. The van der Waals surface area contributed by atoms with E-state index in [9.17, 15) is 4.79 Å². The van der Waals surface area contributed by atoms with Crippen molar-refractivity contribution in [2.75, 3.05) is 28.0 Å². The van der Waals surface area contributed by atoms with E-state index in [1.807, 2.05) is 13.0 Å². The third kappa shape index (κ3) is 3.59. The summed E-state index contributed by atoms with van der Waals surface area (Å²) in [6.45, 7) is 2.05. The molecule has 29 heavy (non-hydrogen) atoms. The Morgan fingerprint density at radius 3 is 2.86 bits per heavy atom. The molecule has 3 heterocycles. The molecule has 9 heteroatoms. The fourth-order valence-corrected chi connectivity index (χ4v) is 4.14. The highest BCUT2D eigenvalue weighted by Gasteiger charge is 2.41. The predicted octanol–water partition coefficient (Wildman–Crippen LogP) is 2.40. The molecule has 1 fully saturated rings. The summed E-state index contributed by atoms with van der Waals surface area (Å²) in [4.78, 5) is 29.9. The van der Waals surface area contributed by atoms with Crippen LogP contribution < -0.4 is 21.0 Å². The van der Waals surface area contributed by atoms with Crippen LogP contribution in [0.2, 0.25) is 0 Å². The third-order valence-electron chi connectivity index (χ3n) is 5.65. The molecule has 1 aliphatic heterocycles. The van der Waals surface area contributed by atoms with E-state index in [-0.39, 0.29) is 11.9 Å². The van der Waals surface area contributed by atoms with E-state index < -0.39 is 0 Å². The van der Waals surface area contributed by atoms with Crippen LogP contribution in [0.1, 0.15) is 44.6 Å². The molecule has 4 rings (SSSR count). The number of fused-ring (bicyclic) bond motifs is 1. The van der Waals surface area contributed by atoms with Crippen LogP contribution in [0.4, 0.5) is 23.3 Å². The Bertz CT molecular complexity index is 924. The Labute approximate surface area is 170 Å². The molecular weight excluding hydrogens is 368 g/mol. The van der Waals surface area contributed by atoms with Gasteiger partial charge in [0.05, 0.1) is 12.4 Å². The minimum absolute atomic E-state index is 0.0984. The van der Waals surface area contributed by atoms with Gasteiger partial charge in [-0.25, -0.2) is 15.4 Å². The van der Waals surface area contributed by atoms with Crippen LogP contribution in [0.3, 0.4) is 0 Å². The Kier molecular flexibility index (Phi) is 5.28. The molecule has 0 saturated heterocycles. The topological polar surface area (TPSA) is 113 Å². The molecule has 3 N–H and O–H groups in total. The number of likely N-dealkylation sites (N-methyl/N-ethyl adjacent to an activating group) is 1. The van der Waals surface area contributed by atoms with Crippen LogP contribution >= 0.6 is 0 Å². The van der Waals surface area contributed by atoms with Crippen LogP contribution in [-0.4, -0.2) is 46.2 Å². The summed E-state index contributed by atoms with van der Waals surface area (Å²) in [6, 6.07) is 3.76. The number of pyridine rings is 1. The smallest absolute Gasteiger partial charge is 0.249 e. The quantitative estimate of drug-likeness (QED) is 0.591. The second-order valence-electron chi connectivity index (χ2n) is 7.42. The average molecular weight is 394 g/mol. The number of nitrogens with one attached hydrogen (secondary N) is 1. The molecule has 0 bridgehead atoms. The molecule has 0 aromatic carbocycles. The molecule has 1 saturated carbocycles. The van der Waals surface area contributed by atoms with E-state index in [4.69, 9.17) is 10.7 Å². The number of carbonyl (C=O) groups is 1. The van der Waals surface area contributed by atoms with Gasteiger partial charge in [0.2, 0.25) is 11.9 Å². The first kappa shape index (κ1) is 19.1. The van der Waals surface area contributed by atoms with Gasteiger partial charge in [0.1, 0.15) is 17.5 Å². The number of hydrogen-bond acceptors (Lipinski definition) is 8. The number of nitrogens with zero attached hydrogens (tertiary/aromatic N) is 6. The van der Waals surface area contributed by atoms with Crippen LogP contribution in [0.25, 0.3) is 0 Å². The van der Waals surface area contributed by atoms with Crippen LogP contribution in [0, 0.1) is 0 Å². The number of rotatable bonds is 5. The lowest BCUT2D eigenvalue weighted by molar-refractivity contribution is -0.120. The van der Waals surface area contributed by atoms with Gasteiger partial charge in [0.25, 0.3) is 0 Å². The first-order valence-corrected chi connectivity index (χ1v) is 10.0. The van der Waals surface area contributed by atoms with Crippen molar-refractivity contribution in [2.24, 2.45) is 5.10 Å². The van der Waals surface area contributed by atoms with Gasteiger partial charge in [-0.2, -0.15) is 10.1 Å². The van der Waals surface area contributed by atoms with Gasteiger partial charge in [-0.15, -0.1) is 0 Å². The zero-order valence-corrected chi connectivity index (χ0v) is 16.7. The summed E-state index contributed by atoms with van der Waals surface area (Å²) < 4.78 is 0. The average Bonchev–Trinajstić information content (AvgIpc) is 3.26. The first-order valence-electron chi connectivity index (χ1n) is 10.0. The van der Waals surface area contributed by atoms with Gasteiger partial charge in [-0.3, -0.25) is 4.79 Å². The standard InChI is InChI=1S/C20H26N8O/c1-3-15-19(29)27(2)16-12-23-20(25-18(16)28(15)14-8-4-5-9-14)26-24-11-13-7-6-10-22-17(13)21/h6-7,10-12,14-15H,3-5,8-9H2,1-2H3,(H2,21,22)(H,23,25,26). The Morgan fingerprint density at radius 1 is 1.34 bits per heavy atom. The van der Waals surface area contributed by atoms with E-state index in [0.717, 1.165) is 30.8 Å². The van der Waals surface area contributed by atoms with Crippen molar-refractivity contribution in [3.8, 4) is 0 Å². The zero-order valence-electron chi connectivity index (χ0n) is 16.7. The number of carbonyl (C=O) groups excluding carboxylic acids is 1. The first-order chi connectivity index (χ1) is 14.1. The number of amides is 1. The number of nitrogens with two attached hydrogens (primary N) is 1. The SMILES string of the molecule is CCC1C(=O)N(C)c2cnc(NN=Cc3cccnc3N)nc2N1C1CCCC1.